The Morgan fingerprint density at radius 2 is 2.26 bits per heavy atom. The van der Waals surface area contributed by atoms with E-state index in [4.69, 9.17) is 9.63 Å². The predicted molar refractivity (Wildman–Crippen MR) is 74.5 cm³/mol. The molecule has 11 nitrogen and oxygen atoms in total. The third kappa shape index (κ3) is 2.57. The van der Waals surface area contributed by atoms with Crippen LogP contribution in [0.5, 0.6) is 0 Å². The van der Waals surface area contributed by atoms with Gasteiger partial charge in [0.05, 0.1) is 12.7 Å². The Labute approximate surface area is 129 Å². The zero-order valence-corrected chi connectivity index (χ0v) is 12.8. The highest BCUT2D eigenvalue weighted by Gasteiger charge is 2.53. The fourth-order valence-electron chi connectivity index (χ4n) is 2.61. The summed E-state index contributed by atoms with van der Waals surface area (Å²) < 4.78 is 22.1. The van der Waals surface area contributed by atoms with Crippen LogP contribution in [0.15, 0.2) is 17.4 Å². The number of fused-ring (bicyclic) bond motifs is 1. The Morgan fingerprint density at radius 1 is 1.52 bits per heavy atom. The highest BCUT2D eigenvalue weighted by molar-refractivity contribution is 7.32. The lowest BCUT2D eigenvalue weighted by Crippen LogP contribution is -2.43. The van der Waals surface area contributed by atoms with E-state index in [-0.39, 0.29) is 17.8 Å². The molecule has 3 rings (SSSR count). The van der Waals surface area contributed by atoms with Crippen molar-refractivity contribution in [2.75, 3.05) is 6.61 Å². The molecule has 1 fully saturated rings. The second-order valence-corrected chi connectivity index (χ2v) is 5.93. The fourth-order valence-corrected chi connectivity index (χ4v) is 2.88. The smallest absolute Gasteiger partial charge is 0.387 e. The minimum atomic E-state index is -2.86. The summed E-state index contributed by atoms with van der Waals surface area (Å²) in [5.74, 6) is 0. The van der Waals surface area contributed by atoms with Gasteiger partial charge in [0.1, 0.15) is 24.9 Å². The first-order chi connectivity index (χ1) is 10.8. The number of hydrogen-bond donors (Lipinski definition) is 4. The molecule has 1 saturated heterocycles. The van der Waals surface area contributed by atoms with Gasteiger partial charge >= 0.3 is 8.25 Å². The van der Waals surface area contributed by atoms with E-state index in [0.717, 1.165) is 0 Å². The standard InChI is InChI=1S/C11H13N4O7P/c1-11(8(17)7(16)5(22-11)2-21-23(19)20)15-4-14-6-9(15)12-3-13-10(6)18/h3-5,7-8,16-17H,2H2,1H3,(H-,12,13,18,19,20)/p+1. The van der Waals surface area contributed by atoms with Crippen molar-refractivity contribution in [1.82, 2.24) is 19.5 Å². The topological polar surface area (TPSA) is 160 Å². The van der Waals surface area contributed by atoms with E-state index in [1.54, 1.807) is 0 Å². The molecule has 0 aliphatic carbocycles. The lowest BCUT2D eigenvalue weighted by Gasteiger charge is -2.29. The molecule has 0 saturated carbocycles. The third-order valence-corrected chi connectivity index (χ3v) is 4.18. The van der Waals surface area contributed by atoms with Gasteiger partial charge in [0.2, 0.25) is 0 Å². The van der Waals surface area contributed by atoms with Gasteiger partial charge in [-0.1, -0.05) is 0 Å². The van der Waals surface area contributed by atoms with Crippen molar-refractivity contribution < 1.29 is 28.9 Å². The first-order valence-electron chi connectivity index (χ1n) is 6.59. The summed E-state index contributed by atoms with van der Waals surface area (Å²) in [5.41, 5.74) is -1.72. The van der Waals surface area contributed by atoms with Crippen molar-refractivity contribution in [3.8, 4) is 0 Å². The number of rotatable bonds is 4. The normalized spacial score (nSPS) is 31.7. The molecule has 0 bridgehead atoms. The Balaban J connectivity index is 1.98. The summed E-state index contributed by atoms with van der Waals surface area (Å²) >= 11 is 0. The summed E-state index contributed by atoms with van der Waals surface area (Å²) in [7, 11) is -2.86. The number of aromatic amines is 1. The molecule has 3 heterocycles. The maximum Gasteiger partial charge on any atom is 0.694 e. The van der Waals surface area contributed by atoms with Crippen molar-refractivity contribution in [3.05, 3.63) is 23.0 Å². The summed E-state index contributed by atoms with van der Waals surface area (Å²) in [6.07, 6.45) is -1.36. The van der Waals surface area contributed by atoms with Crippen LogP contribution < -0.4 is 5.56 Å². The van der Waals surface area contributed by atoms with E-state index in [2.05, 4.69) is 19.5 Å². The summed E-state index contributed by atoms with van der Waals surface area (Å²) in [6, 6.07) is 0. The van der Waals surface area contributed by atoms with Crippen LogP contribution in [0, 0.1) is 0 Å². The average Bonchev–Trinajstić information content (AvgIpc) is 3.03. The number of ether oxygens (including phenoxy) is 1. The van der Waals surface area contributed by atoms with E-state index in [1.807, 2.05) is 0 Å². The molecule has 5 atom stereocenters. The first-order valence-corrected chi connectivity index (χ1v) is 7.72. The van der Waals surface area contributed by atoms with E-state index in [0.29, 0.717) is 0 Å². The van der Waals surface area contributed by atoms with Crippen LogP contribution in [-0.4, -0.2) is 59.5 Å². The molecular formula is C11H14N4O7P+. The molecule has 0 aromatic carbocycles. The van der Waals surface area contributed by atoms with Crippen LogP contribution >= 0.6 is 8.25 Å². The highest BCUT2D eigenvalue weighted by atomic mass is 31.1. The molecule has 0 amide bonds. The van der Waals surface area contributed by atoms with Gasteiger partial charge in [-0.25, -0.2) is 9.97 Å². The molecule has 1 aliphatic rings. The summed E-state index contributed by atoms with van der Waals surface area (Å²) in [5, 5.41) is 20.4. The summed E-state index contributed by atoms with van der Waals surface area (Å²) in [6.45, 7) is 1.09. The second-order valence-electron chi connectivity index (χ2n) is 5.20. The molecule has 2 aromatic rings. The quantitative estimate of drug-likeness (QED) is 0.487. The minimum absolute atomic E-state index is 0.0529. The van der Waals surface area contributed by atoms with Gasteiger partial charge in [0.25, 0.3) is 5.56 Å². The van der Waals surface area contributed by atoms with Gasteiger partial charge < -0.3 is 19.9 Å². The van der Waals surface area contributed by atoms with Crippen LogP contribution in [0.1, 0.15) is 6.92 Å². The number of H-pyrrole nitrogens is 1. The lowest BCUT2D eigenvalue weighted by atomic mass is 10.0. The fraction of sp³-hybridized carbons (Fsp3) is 0.545. The predicted octanol–water partition coefficient (Wildman–Crippen LogP) is -1.42. The molecule has 2 aromatic heterocycles. The van der Waals surface area contributed by atoms with Gasteiger partial charge in [0, 0.05) is 4.57 Å². The Bertz CT molecular complexity index is 807. The molecule has 5 unspecified atom stereocenters. The molecular weight excluding hydrogens is 331 g/mol. The summed E-state index contributed by atoms with van der Waals surface area (Å²) in [4.78, 5) is 30.7. The van der Waals surface area contributed by atoms with Gasteiger partial charge in [-0.3, -0.25) is 9.36 Å². The zero-order valence-electron chi connectivity index (χ0n) is 11.9. The van der Waals surface area contributed by atoms with Crippen molar-refractivity contribution in [2.45, 2.75) is 31.0 Å². The maximum absolute atomic E-state index is 11.7. The van der Waals surface area contributed by atoms with Crippen LogP contribution in [0.25, 0.3) is 11.2 Å². The number of nitrogens with one attached hydrogen (secondary N) is 1. The minimum Gasteiger partial charge on any atom is -0.387 e. The van der Waals surface area contributed by atoms with Crippen molar-refractivity contribution in [3.63, 3.8) is 0 Å². The zero-order chi connectivity index (χ0) is 16.8. The van der Waals surface area contributed by atoms with E-state index >= 15 is 0 Å². The number of hydrogen-bond acceptors (Lipinski definition) is 8. The van der Waals surface area contributed by atoms with Crippen LogP contribution in [-0.2, 0) is 19.6 Å². The molecule has 0 radical (unpaired) electrons. The molecule has 4 N–H and O–H groups in total. The van der Waals surface area contributed by atoms with Gasteiger partial charge in [-0.05, 0) is 6.92 Å². The molecule has 12 heteroatoms. The van der Waals surface area contributed by atoms with Crippen molar-refractivity contribution in [2.24, 2.45) is 0 Å². The Kier molecular flexibility index (Phi) is 4.00. The third-order valence-electron chi connectivity index (χ3n) is 3.81. The molecule has 124 valence electrons. The van der Waals surface area contributed by atoms with Crippen LogP contribution in [0.2, 0.25) is 0 Å². The van der Waals surface area contributed by atoms with E-state index in [9.17, 15) is 19.6 Å². The highest BCUT2D eigenvalue weighted by Crippen LogP contribution is 2.37. The van der Waals surface area contributed by atoms with Crippen LogP contribution in [0.3, 0.4) is 0 Å². The van der Waals surface area contributed by atoms with Gasteiger partial charge in [0.15, 0.2) is 16.9 Å². The number of aliphatic hydroxyl groups is 2. The first kappa shape index (κ1) is 16.1. The maximum atomic E-state index is 11.7. The Morgan fingerprint density at radius 3 is 2.96 bits per heavy atom. The monoisotopic (exact) mass is 345 g/mol. The van der Waals surface area contributed by atoms with E-state index in [1.165, 1.54) is 24.1 Å². The number of nitrogens with zero attached hydrogens (tertiary/aromatic N) is 3. The molecule has 23 heavy (non-hydrogen) atoms. The number of imidazole rings is 1. The van der Waals surface area contributed by atoms with Crippen LogP contribution in [0.4, 0.5) is 0 Å². The lowest BCUT2D eigenvalue weighted by molar-refractivity contribution is -0.130. The van der Waals surface area contributed by atoms with Gasteiger partial charge in [-0.2, -0.15) is 0 Å². The largest absolute Gasteiger partial charge is 0.694 e. The van der Waals surface area contributed by atoms with Crippen molar-refractivity contribution in [1.29, 1.82) is 0 Å². The SMILES string of the molecule is CC1(n2cnc3c(=O)[nH]cnc32)OC(CO[P+](=O)O)C(O)C1O. The van der Waals surface area contributed by atoms with E-state index < -0.39 is 37.9 Å². The number of aliphatic hydroxyl groups excluding tert-OH is 2. The molecule has 0 spiro atoms. The number of aromatic nitrogens is 4. The Hall–Kier alpha value is -1.75. The average molecular weight is 345 g/mol. The van der Waals surface area contributed by atoms with Gasteiger partial charge in [-0.15, -0.1) is 9.42 Å². The van der Waals surface area contributed by atoms with Crippen molar-refractivity contribution >= 4 is 19.4 Å². The second kappa shape index (κ2) is 5.71. The molecule has 1 aliphatic heterocycles.